The highest BCUT2D eigenvalue weighted by Crippen LogP contribution is 2.20. The fraction of sp³-hybridized carbons (Fsp3) is 0.0870. The van der Waals surface area contributed by atoms with E-state index < -0.39 is 0 Å². The highest BCUT2D eigenvalue weighted by Gasteiger charge is 2.03. The average molecular weight is 312 g/mol. The van der Waals surface area contributed by atoms with Crippen LogP contribution in [0.1, 0.15) is 27.0 Å². The molecule has 0 bridgehead atoms. The molecular formula is C23H20O. The molecule has 0 fully saturated rings. The fourth-order valence-electron chi connectivity index (χ4n) is 2.52. The van der Waals surface area contributed by atoms with E-state index in [1.54, 1.807) is 6.08 Å². The molecule has 0 heterocycles. The molecule has 3 aromatic carbocycles. The lowest BCUT2D eigenvalue weighted by Gasteiger charge is -2.03. The molecule has 0 unspecified atom stereocenters. The third-order valence-corrected chi connectivity index (χ3v) is 4.06. The summed E-state index contributed by atoms with van der Waals surface area (Å²) in [5.41, 5.74) is 6.47. The van der Waals surface area contributed by atoms with Crippen LogP contribution >= 0.6 is 0 Å². The highest BCUT2D eigenvalue weighted by molar-refractivity contribution is 6.07. The Bertz CT molecular complexity index is 851. The summed E-state index contributed by atoms with van der Waals surface area (Å²) in [4.78, 5) is 12.3. The van der Waals surface area contributed by atoms with Gasteiger partial charge in [0, 0.05) is 5.56 Å². The van der Waals surface area contributed by atoms with Crippen LogP contribution in [0.3, 0.4) is 0 Å². The van der Waals surface area contributed by atoms with E-state index in [4.69, 9.17) is 0 Å². The zero-order valence-electron chi connectivity index (χ0n) is 14.0. The minimum absolute atomic E-state index is 0.0195. The topological polar surface area (TPSA) is 17.1 Å². The molecule has 24 heavy (non-hydrogen) atoms. The van der Waals surface area contributed by atoms with E-state index in [0.717, 1.165) is 16.7 Å². The largest absolute Gasteiger partial charge is 0.289 e. The van der Waals surface area contributed by atoms with Gasteiger partial charge in [0.2, 0.25) is 0 Å². The molecule has 3 aromatic rings. The van der Waals surface area contributed by atoms with E-state index >= 15 is 0 Å². The second-order valence-electron chi connectivity index (χ2n) is 6.05. The lowest BCUT2D eigenvalue weighted by atomic mass is 10.0. The van der Waals surface area contributed by atoms with Gasteiger partial charge >= 0.3 is 0 Å². The van der Waals surface area contributed by atoms with Crippen LogP contribution in [0.2, 0.25) is 0 Å². The molecule has 1 heteroatoms. The van der Waals surface area contributed by atoms with Gasteiger partial charge in [0.05, 0.1) is 0 Å². The quantitative estimate of drug-likeness (QED) is 0.435. The number of rotatable bonds is 4. The van der Waals surface area contributed by atoms with Gasteiger partial charge in [-0.25, -0.2) is 0 Å². The zero-order chi connectivity index (χ0) is 16.9. The van der Waals surface area contributed by atoms with E-state index in [-0.39, 0.29) is 5.78 Å². The van der Waals surface area contributed by atoms with Crippen LogP contribution in [0.5, 0.6) is 0 Å². The van der Waals surface area contributed by atoms with E-state index in [0.29, 0.717) is 5.56 Å². The number of hydrogen-bond acceptors (Lipinski definition) is 1. The van der Waals surface area contributed by atoms with Crippen molar-refractivity contribution in [1.29, 1.82) is 0 Å². The molecule has 0 aliphatic carbocycles. The monoisotopic (exact) mass is 312 g/mol. The van der Waals surface area contributed by atoms with Gasteiger partial charge in [-0.05, 0) is 36.6 Å². The maximum Gasteiger partial charge on any atom is 0.185 e. The number of aryl methyl sites for hydroxylation is 2. The van der Waals surface area contributed by atoms with Gasteiger partial charge in [-0.2, -0.15) is 0 Å². The minimum Gasteiger partial charge on any atom is -0.289 e. The number of carbonyl (C=O) groups is 1. The third kappa shape index (κ3) is 3.88. The molecule has 3 rings (SSSR count). The molecule has 0 aromatic heterocycles. The first kappa shape index (κ1) is 15.9. The summed E-state index contributed by atoms with van der Waals surface area (Å²) in [5, 5.41) is 0. The Morgan fingerprint density at radius 1 is 0.667 bits per heavy atom. The van der Waals surface area contributed by atoms with Crippen LogP contribution in [0, 0.1) is 13.8 Å². The van der Waals surface area contributed by atoms with Crippen molar-refractivity contribution in [3.63, 3.8) is 0 Å². The molecule has 0 spiro atoms. The maximum absolute atomic E-state index is 12.3. The first-order valence-corrected chi connectivity index (χ1v) is 8.08. The Morgan fingerprint density at radius 2 is 1.12 bits per heavy atom. The van der Waals surface area contributed by atoms with Gasteiger partial charge in [0.1, 0.15) is 0 Å². The van der Waals surface area contributed by atoms with Crippen molar-refractivity contribution < 1.29 is 4.79 Å². The van der Waals surface area contributed by atoms with Gasteiger partial charge in [0.25, 0.3) is 0 Å². The van der Waals surface area contributed by atoms with Crippen molar-refractivity contribution in [2.75, 3.05) is 0 Å². The van der Waals surface area contributed by atoms with E-state index in [2.05, 4.69) is 31.2 Å². The van der Waals surface area contributed by atoms with Crippen LogP contribution in [0.25, 0.3) is 17.2 Å². The van der Waals surface area contributed by atoms with Gasteiger partial charge in [-0.3, -0.25) is 4.79 Å². The summed E-state index contributed by atoms with van der Waals surface area (Å²) >= 11 is 0. The summed E-state index contributed by atoms with van der Waals surface area (Å²) in [6, 6.07) is 24.3. The van der Waals surface area contributed by atoms with Crippen LogP contribution in [0.15, 0.2) is 78.9 Å². The van der Waals surface area contributed by atoms with Crippen molar-refractivity contribution in [3.8, 4) is 11.1 Å². The molecule has 118 valence electrons. The van der Waals surface area contributed by atoms with Gasteiger partial charge < -0.3 is 0 Å². The molecule has 0 N–H and O–H groups in total. The van der Waals surface area contributed by atoms with Crippen LogP contribution < -0.4 is 0 Å². The Morgan fingerprint density at radius 3 is 1.67 bits per heavy atom. The molecule has 0 aliphatic heterocycles. The average Bonchev–Trinajstić information content (AvgIpc) is 2.62. The molecule has 0 saturated heterocycles. The van der Waals surface area contributed by atoms with Crippen molar-refractivity contribution in [3.05, 3.63) is 101 Å². The highest BCUT2D eigenvalue weighted by atomic mass is 16.1. The summed E-state index contributed by atoms with van der Waals surface area (Å²) in [6.07, 6.45) is 3.49. The predicted molar refractivity (Wildman–Crippen MR) is 101 cm³/mol. The van der Waals surface area contributed by atoms with Crippen molar-refractivity contribution in [1.82, 2.24) is 0 Å². The van der Waals surface area contributed by atoms with Crippen molar-refractivity contribution in [2.24, 2.45) is 0 Å². The molecule has 0 aliphatic rings. The number of allylic oxidation sites excluding steroid dienone is 1. The zero-order valence-corrected chi connectivity index (χ0v) is 14.0. The predicted octanol–water partition coefficient (Wildman–Crippen LogP) is 5.87. The standard InChI is InChI=1S/C23H20O/c1-17-3-7-19(8-4-17)9-16-23(24)22-14-12-21(13-15-22)20-10-5-18(2)6-11-20/h3-16H,1-2H3/b16-9+. The second kappa shape index (κ2) is 7.10. The van der Waals surface area contributed by atoms with Crippen LogP contribution in [-0.2, 0) is 0 Å². The Balaban J connectivity index is 1.74. The number of hydrogen-bond donors (Lipinski definition) is 0. The van der Waals surface area contributed by atoms with Gasteiger partial charge in [0.15, 0.2) is 5.78 Å². The van der Waals surface area contributed by atoms with Crippen LogP contribution in [-0.4, -0.2) is 5.78 Å². The van der Waals surface area contributed by atoms with E-state index in [1.165, 1.54) is 11.1 Å². The lowest BCUT2D eigenvalue weighted by Crippen LogP contribution is -1.93. The van der Waals surface area contributed by atoms with Crippen LogP contribution in [0.4, 0.5) is 0 Å². The fourth-order valence-corrected chi connectivity index (χ4v) is 2.52. The molecular weight excluding hydrogens is 292 g/mol. The van der Waals surface area contributed by atoms with Crippen molar-refractivity contribution in [2.45, 2.75) is 13.8 Å². The first-order valence-electron chi connectivity index (χ1n) is 8.08. The molecule has 0 atom stereocenters. The van der Waals surface area contributed by atoms with E-state index in [9.17, 15) is 4.79 Å². The summed E-state index contributed by atoms with van der Waals surface area (Å²) in [7, 11) is 0. The number of benzene rings is 3. The Kier molecular flexibility index (Phi) is 4.72. The Labute approximate surface area is 143 Å². The number of ketones is 1. The molecule has 1 nitrogen and oxygen atoms in total. The minimum atomic E-state index is 0.0195. The smallest absolute Gasteiger partial charge is 0.185 e. The van der Waals surface area contributed by atoms with Gasteiger partial charge in [-0.1, -0.05) is 90.0 Å². The first-order chi connectivity index (χ1) is 11.6. The SMILES string of the molecule is Cc1ccc(/C=C/C(=O)c2ccc(-c3ccc(C)cc3)cc2)cc1. The van der Waals surface area contributed by atoms with Gasteiger partial charge in [-0.15, -0.1) is 0 Å². The third-order valence-electron chi connectivity index (χ3n) is 4.06. The normalized spacial score (nSPS) is 10.9. The lowest BCUT2D eigenvalue weighted by molar-refractivity contribution is 0.104. The summed E-state index contributed by atoms with van der Waals surface area (Å²) < 4.78 is 0. The second-order valence-corrected chi connectivity index (χ2v) is 6.05. The van der Waals surface area contributed by atoms with E-state index in [1.807, 2.05) is 61.5 Å². The maximum atomic E-state index is 12.3. The summed E-state index contributed by atoms with van der Waals surface area (Å²) in [6.45, 7) is 4.13. The number of carbonyl (C=O) groups excluding carboxylic acids is 1. The molecule has 0 amide bonds. The molecule has 0 radical (unpaired) electrons. The Hall–Kier alpha value is -2.93. The summed E-state index contributed by atoms with van der Waals surface area (Å²) in [5.74, 6) is 0.0195. The van der Waals surface area contributed by atoms with Crippen molar-refractivity contribution >= 4 is 11.9 Å². The molecule has 0 saturated carbocycles.